The van der Waals surface area contributed by atoms with Gasteiger partial charge in [0.25, 0.3) is 0 Å². The Kier molecular flexibility index (Phi) is 4.29. The molecule has 1 heterocycles. The zero-order chi connectivity index (χ0) is 13.8. The zero-order valence-electron chi connectivity index (χ0n) is 11.2. The Labute approximate surface area is 112 Å². The van der Waals surface area contributed by atoms with Crippen LogP contribution < -0.4 is 11.3 Å². The maximum atomic E-state index is 13.9. The number of nitrogens with one attached hydrogen (secondary N) is 1. The van der Waals surface area contributed by atoms with Gasteiger partial charge < -0.3 is 0 Å². The van der Waals surface area contributed by atoms with Crippen LogP contribution in [-0.4, -0.2) is 9.78 Å². The van der Waals surface area contributed by atoms with Gasteiger partial charge in [0.05, 0.1) is 17.4 Å². The van der Waals surface area contributed by atoms with Crippen LogP contribution >= 0.6 is 0 Å². The molecule has 0 spiro atoms. The van der Waals surface area contributed by atoms with Gasteiger partial charge in [-0.25, -0.2) is 9.82 Å². The van der Waals surface area contributed by atoms with E-state index in [-0.39, 0.29) is 5.82 Å². The molecule has 2 aromatic rings. The molecule has 2 rings (SSSR count). The molecule has 0 bridgehead atoms. The molecule has 1 aromatic carbocycles. The summed E-state index contributed by atoms with van der Waals surface area (Å²) in [5.41, 5.74) is 5.08. The predicted octanol–water partition coefficient (Wildman–Crippen LogP) is 2.16. The lowest BCUT2D eigenvalue weighted by Crippen LogP contribution is -2.31. The first-order valence-corrected chi connectivity index (χ1v) is 6.48. The van der Waals surface area contributed by atoms with Crippen LogP contribution in [0, 0.1) is 5.82 Å². The molecule has 19 heavy (non-hydrogen) atoms. The lowest BCUT2D eigenvalue weighted by Gasteiger charge is -2.18. The Hall–Kier alpha value is -1.72. The molecule has 0 aliphatic heterocycles. The minimum atomic E-state index is -0.394. The summed E-state index contributed by atoms with van der Waals surface area (Å²) in [6.45, 7) is 4.77. The Morgan fingerprint density at radius 2 is 2.11 bits per heavy atom. The van der Waals surface area contributed by atoms with Gasteiger partial charge in [-0.1, -0.05) is 25.1 Å². The molecule has 0 radical (unpaired) electrons. The van der Waals surface area contributed by atoms with Crippen molar-refractivity contribution in [2.45, 2.75) is 32.9 Å². The van der Waals surface area contributed by atoms with Crippen LogP contribution in [0.5, 0.6) is 0 Å². The van der Waals surface area contributed by atoms with Crippen molar-refractivity contribution in [2.75, 3.05) is 0 Å². The molecular weight excluding hydrogens is 243 g/mol. The fraction of sp³-hybridized carbons (Fsp3) is 0.357. The number of aromatic nitrogens is 2. The maximum absolute atomic E-state index is 13.9. The van der Waals surface area contributed by atoms with Crippen LogP contribution in [-0.2, 0) is 13.0 Å². The summed E-state index contributed by atoms with van der Waals surface area (Å²) in [7, 11) is 0. The smallest absolute Gasteiger partial charge is 0.128 e. The summed E-state index contributed by atoms with van der Waals surface area (Å²) in [6, 6.07) is 8.22. The number of hydrazine groups is 1. The molecule has 1 atom stereocenters. The highest BCUT2D eigenvalue weighted by Crippen LogP contribution is 2.24. The first kappa shape index (κ1) is 13.7. The molecule has 3 N–H and O–H groups in total. The van der Waals surface area contributed by atoms with E-state index in [1.54, 1.807) is 18.2 Å². The van der Waals surface area contributed by atoms with Gasteiger partial charge in [-0.3, -0.25) is 10.5 Å². The predicted molar refractivity (Wildman–Crippen MR) is 72.8 cm³/mol. The number of nitrogens with two attached hydrogens (primary N) is 1. The second-order valence-electron chi connectivity index (χ2n) is 4.35. The summed E-state index contributed by atoms with van der Waals surface area (Å²) in [5.74, 6) is 5.35. The third kappa shape index (κ3) is 2.67. The lowest BCUT2D eigenvalue weighted by atomic mass is 10.0. The Morgan fingerprint density at radius 3 is 2.68 bits per heavy atom. The topological polar surface area (TPSA) is 55.9 Å². The van der Waals surface area contributed by atoms with Crippen molar-refractivity contribution in [3.63, 3.8) is 0 Å². The second kappa shape index (κ2) is 5.95. The third-order valence-corrected chi connectivity index (χ3v) is 3.20. The highest BCUT2D eigenvalue weighted by Gasteiger charge is 2.20. The van der Waals surface area contributed by atoms with E-state index < -0.39 is 6.04 Å². The van der Waals surface area contributed by atoms with Crippen LogP contribution in [0.1, 0.15) is 36.8 Å². The Balaban J connectivity index is 2.47. The first-order valence-electron chi connectivity index (χ1n) is 6.48. The van der Waals surface area contributed by atoms with E-state index in [0.29, 0.717) is 5.56 Å². The van der Waals surface area contributed by atoms with Crippen LogP contribution in [0.3, 0.4) is 0 Å². The molecule has 1 aromatic heterocycles. The van der Waals surface area contributed by atoms with E-state index in [9.17, 15) is 4.39 Å². The van der Waals surface area contributed by atoms with Crippen molar-refractivity contribution < 1.29 is 4.39 Å². The van der Waals surface area contributed by atoms with E-state index >= 15 is 0 Å². The van der Waals surface area contributed by atoms with Gasteiger partial charge in [0, 0.05) is 12.1 Å². The van der Waals surface area contributed by atoms with E-state index in [4.69, 9.17) is 5.84 Å². The van der Waals surface area contributed by atoms with Crippen LogP contribution in [0.25, 0.3) is 0 Å². The van der Waals surface area contributed by atoms with Crippen molar-refractivity contribution in [3.05, 3.63) is 53.1 Å². The molecule has 0 aliphatic carbocycles. The van der Waals surface area contributed by atoms with E-state index in [1.165, 1.54) is 6.07 Å². The highest BCUT2D eigenvalue weighted by atomic mass is 19.1. The van der Waals surface area contributed by atoms with Crippen molar-refractivity contribution in [1.29, 1.82) is 0 Å². The zero-order valence-corrected chi connectivity index (χ0v) is 11.2. The number of hydrogen-bond acceptors (Lipinski definition) is 3. The van der Waals surface area contributed by atoms with Crippen molar-refractivity contribution in [2.24, 2.45) is 5.84 Å². The Bertz CT molecular complexity index is 550. The third-order valence-electron chi connectivity index (χ3n) is 3.20. The SMILES string of the molecule is CCc1cc(C(NN)c2ccccc2F)n(CC)n1. The molecule has 0 saturated carbocycles. The second-order valence-corrected chi connectivity index (χ2v) is 4.35. The number of benzene rings is 1. The molecule has 102 valence electrons. The fourth-order valence-corrected chi connectivity index (χ4v) is 2.19. The van der Waals surface area contributed by atoms with Gasteiger partial charge in [-0.15, -0.1) is 0 Å². The molecule has 1 unspecified atom stereocenters. The van der Waals surface area contributed by atoms with Crippen molar-refractivity contribution in [1.82, 2.24) is 15.2 Å². The van der Waals surface area contributed by atoms with Crippen molar-refractivity contribution >= 4 is 0 Å². The minimum Gasteiger partial charge on any atom is -0.271 e. The molecule has 5 heteroatoms. The van der Waals surface area contributed by atoms with Gasteiger partial charge >= 0.3 is 0 Å². The molecule has 0 aliphatic rings. The summed E-state index contributed by atoms with van der Waals surface area (Å²) in [4.78, 5) is 0. The van der Waals surface area contributed by atoms with Gasteiger partial charge in [-0.05, 0) is 25.5 Å². The summed E-state index contributed by atoms with van der Waals surface area (Å²) in [5, 5.41) is 4.47. The quantitative estimate of drug-likeness (QED) is 0.641. The number of rotatable bonds is 5. The monoisotopic (exact) mass is 262 g/mol. The average Bonchev–Trinajstić information content (AvgIpc) is 2.85. The first-order chi connectivity index (χ1) is 9.21. The number of aryl methyl sites for hydroxylation is 2. The maximum Gasteiger partial charge on any atom is 0.128 e. The molecule has 4 nitrogen and oxygen atoms in total. The van der Waals surface area contributed by atoms with E-state index in [1.807, 2.05) is 24.6 Å². The average molecular weight is 262 g/mol. The number of halogens is 1. The summed E-state index contributed by atoms with van der Waals surface area (Å²) < 4.78 is 15.8. The fourth-order valence-electron chi connectivity index (χ4n) is 2.19. The van der Waals surface area contributed by atoms with Crippen molar-refractivity contribution in [3.8, 4) is 0 Å². The molecule has 0 fully saturated rings. The Morgan fingerprint density at radius 1 is 1.37 bits per heavy atom. The molecule has 0 saturated heterocycles. The number of nitrogens with zero attached hydrogens (tertiary/aromatic N) is 2. The van der Waals surface area contributed by atoms with Gasteiger partial charge in [0.2, 0.25) is 0 Å². The van der Waals surface area contributed by atoms with E-state index in [0.717, 1.165) is 24.4 Å². The summed E-state index contributed by atoms with van der Waals surface area (Å²) >= 11 is 0. The van der Waals surface area contributed by atoms with Gasteiger partial charge in [0.1, 0.15) is 5.82 Å². The largest absolute Gasteiger partial charge is 0.271 e. The van der Waals surface area contributed by atoms with Crippen LogP contribution in [0.4, 0.5) is 4.39 Å². The standard InChI is InChI=1S/C14H19FN4/c1-3-10-9-13(19(4-2)18-10)14(17-16)11-7-5-6-8-12(11)15/h5-9,14,17H,3-4,16H2,1-2H3. The summed E-state index contributed by atoms with van der Waals surface area (Å²) in [6.07, 6.45) is 0.842. The van der Waals surface area contributed by atoms with Gasteiger partial charge in [-0.2, -0.15) is 5.10 Å². The number of hydrogen-bond donors (Lipinski definition) is 2. The minimum absolute atomic E-state index is 0.271. The van der Waals surface area contributed by atoms with Gasteiger partial charge in [0.15, 0.2) is 0 Å². The highest BCUT2D eigenvalue weighted by molar-refractivity contribution is 5.30. The van der Waals surface area contributed by atoms with Crippen LogP contribution in [0.2, 0.25) is 0 Å². The van der Waals surface area contributed by atoms with E-state index in [2.05, 4.69) is 10.5 Å². The normalized spacial score (nSPS) is 12.6. The lowest BCUT2D eigenvalue weighted by molar-refractivity contribution is 0.515. The van der Waals surface area contributed by atoms with Crippen LogP contribution in [0.15, 0.2) is 30.3 Å². The molecule has 0 amide bonds. The molecular formula is C14H19FN4.